The maximum atomic E-state index is 5.96. The minimum absolute atomic E-state index is 0.316. The van der Waals surface area contributed by atoms with E-state index in [-0.39, 0.29) is 0 Å². The molecule has 0 saturated heterocycles. The van der Waals surface area contributed by atoms with Crippen molar-refractivity contribution in [2.24, 2.45) is 5.73 Å². The van der Waals surface area contributed by atoms with E-state index in [2.05, 4.69) is 30.9 Å². The monoisotopic (exact) mass is 250 g/mol. The zero-order valence-electron chi connectivity index (χ0n) is 11.9. The van der Waals surface area contributed by atoms with E-state index in [1.807, 2.05) is 12.1 Å². The molecule has 3 heteroatoms. The van der Waals surface area contributed by atoms with Gasteiger partial charge in [0.25, 0.3) is 0 Å². The Morgan fingerprint density at radius 2 is 1.67 bits per heavy atom. The van der Waals surface area contributed by atoms with Crippen molar-refractivity contribution in [3.8, 4) is 5.75 Å². The van der Waals surface area contributed by atoms with Crippen LogP contribution >= 0.6 is 0 Å². The number of hydrogen-bond acceptors (Lipinski definition) is 3. The van der Waals surface area contributed by atoms with Gasteiger partial charge in [0.2, 0.25) is 0 Å². The van der Waals surface area contributed by atoms with Gasteiger partial charge in [-0.1, -0.05) is 26.0 Å². The number of methoxy groups -OCH3 is 1. The molecule has 1 aromatic carbocycles. The summed E-state index contributed by atoms with van der Waals surface area (Å²) in [5.41, 5.74) is 7.24. The summed E-state index contributed by atoms with van der Waals surface area (Å²) >= 11 is 0. The van der Waals surface area contributed by atoms with Crippen molar-refractivity contribution in [3.05, 3.63) is 29.8 Å². The molecule has 0 radical (unpaired) electrons. The van der Waals surface area contributed by atoms with Crippen molar-refractivity contribution in [2.45, 2.75) is 32.7 Å². The average molecular weight is 250 g/mol. The summed E-state index contributed by atoms with van der Waals surface area (Å²) in [5.74, 6) is 0.895. The van der Waals surface area contributed by atoms with Crippen LogP contribution in [0.2, 0.25) is 0 Å². The van der Waals surface area contributed by atoms with Gasteiger partial charge >= 0.3 is 0 Å². The molecule has 0 amide bonds. The SMILES string of the molecule is CCCN(CCC)C(CN)c1ccc(OC)cc1. The quantitative estimate of drug-likeness (QED) is 0.771. The Bertz CT molecular complexity index is 318. The first-order valence-corrected chi connectivity index (χ1v) is 6.84. The van der Waals surface area contributed by atoms with Gasteiger partial charge in [0.15, 0.2) is 0 Å². The van der Waals surface area contributed by atoms with Crippen LogP contribution in [-0.2, 0) is 0 Å². The van der Waals surface area contributed by atoms with E-state index in [9.17, 15) is 0 Å². The van der Waals surface area contributed by atoms with Crippen molar-refractivity contribution < 1.29 is 4.74 Å². The van der Waals surface area contributed by atoms with Gasteiger partial charge in [-0.3, -0.25) is 4.90 Å². The van der Waals surface area contributed by atoms with Crippen molar-refractivity contribution in [2.75, 3.05) is 26.7 Å². The fourth-order valence-corrected chi connectivity index (χ4v) is 2.32. The number of hydrogen-bond donors (Lipinski definition) is 1. The van der Waals surface area contributed by atoms with E-state index < -0.39 is 0 Å². The molecule has 0 fully saturated rings. The lowest BCUT2D eigenvalue weighted by atomic mass is 10.0. The molecule has 2 N–H and O–H groups in total. The summed E-state index contributed by atoms with van der Waals surface area (Å²) in [4.78, 5) is 2.47. The van der Waals surface area contributed by atoms with E-state index in [1.165, 1.54) is 5.56 Å². The number of nitrogens with zero attached hydrogens (tertiary/aromatic N) is 1. The van der Waals surface area contributed by atoms with Gasteiger partial charge in [-0.2, -0.15) is 0 Å². The molecule has 0 bridgehead atoms. The van der Waals surface area contributed by atoms with Crippen LogP contribution in [-0.4, -0.2) is 31.6 Å². The Morgan fingerprint density at radius 3 is 2.06 bits per heavy atom. The molecule has 1 aromatic rings. The molecule has 0 aliphatic rings. The lowest BCUT2D eigenvalue weighted by molar-refractivity contribution is 0.202. The first-order chi connectivity index (χ1) is 8.76. The minimum atomic E-state index is 0.316. The van der Waals surface area contributed by atoms with Gasteiger partial charge in [0, 0.05) is 12.6 Å². The summed E-state index contributed by atoms with van der Waals surface area (Å²) < 4.78 is 5.19. The molecule has 0 aromatic heterocycles. The van der Waals surface area contributed by atoms with E-state index >= 15 is 0 Å². The Morgan fingerprint density at radius 1 is 1.11 bits per heavy atom. The van der Waals surface area contributed by atoms with Gasteiger partial charge in [-0.05, 0) is 43.6 Å². The van der Waals surface area contributed by atoms with Gasteiger partial charge < -0.3 is 10.5 Å². The summed E-state index contributed by atoms with van der Waals surface area (Å²) in [5, 5.41) is 0. The maximum absolute atomic E-state index is 5.96. The molecule has 1 atom stereocenters. The highest BCUT2D eigenvalue weighted by molar-refractivity contribution is 5.29. The van der Waals surface area contributed by atoms with Crippen LogP contribution in [0.25, 0.3) is 0 Å². The van der Waals surface area contributed by atoms with Crippen molar-refractivity contribution in [3.63, 3.8) is 0 Å². The summed E-state index contributed by atoms with van der Waals surface area (Å²) in [6.45, 7) is 7.28. The summed E-state index contributed by atoms with van der Waals surface area (Å²) in [6, 6.07) is 8.57. The third-order valence-electron chi connectivity index (χ3n) is 3.19. The number of nitrogens with two attached hydrogens (primary N) is 1. The van der Waals surface area contributed by atoms with E-state index in [0.717, 1.165) is 31.7 Å². The standard InChI is InChI=1S/C15H26N2O/c1-4-10-17(11-5-2)15(12-16)13-6-8-14(18-3)9-7-13/h6-9,15H,4-5,10-12,16H2,1-3H3. The molecular formula is C15H26N2O. The largest absolute Gasteiger partial charge is 0.497 e. The Hall–Kier alpha value is -1.06. The zero-order valence-corrected chi connectivity index (χ0v) is 11.9. The van der Waals surface area contributed by atoms with Crippen LogP contribution in [0.3, 0.4) is 0 Å². The minimum Gasteiger partial charge on any atom is -0.497 e. The second-order valence-electron chi connectivity index (χ2n) is 4.56. The second kappa shape index (κ2) is 8.11. The lowest BCUT2D eigenvalue weighted by Crippen LogP contribution is -2.35. The molecule has 18 heavy (non-hydrogen) atoms. The third-order valence-corrected chi connectivity index (χ3v) is 3.19. The second-order valence-corrected chi connectivity index (χ2v) is 4.56. The molecule has 1 unspecified atom stereocenters. The van der Waals surface area contributed by atoms with Gasteiger partial charge in [-0.15, -0.1) is 0 Å². The van der Waals surface area contributed by atoms with Crippen LogP contribution in [0.5, 0.6) is 5.75 Å². The smallest absolute Gasteiger partial charge is 0.118 e. The van der Waals surface area contributed by atoms with Crippen LogP contribution in [0.1, 0.15) is 38.3 Å². The lowest BCUT2D eigenvalue weighted by Gasteiger charge is -2.30. The summed E-state index contributed by atoms with van der Waals surface area (Å²) in [6.07, 6.45) is 2.32. The van der Waals surface area contributed by atoms with Gasteiger partial charge in [0.1, 0.15) is 5.75 Å². The summed E-state index contributed by atoms with van der Waals surface area (Å²) in [7, 11) is 1.69. The highest BCUT2D eigenvalue weighted by Gasteiger charge is 2.17. The Balaban J connectivity index is 2.83. The first kappa shape index (κ1) is 15.0. The number of benzene rings is 1. The highest BCUT2D eigenvalue weighted by atomic mass is 16.5. The van der Waals surface area contributed by atoms with E-state index in [0.29, 0.717) is 12.6 Å². The Kier molecular flexibility index (Phi) is 6.76. The maximum Gasteiger partial charge on any atom is 0.118 e. The first-order valence-electron chi connectivity index (χ1n) is 6.84. The molecule has 3 nitrogen and oxygen atoms in total. The third kappa shape index (κ3) is 4.00. The van der Waals surface area contributed by atoms with Crippen LogP contribution in [0, 0.1) is 0 Å². The van der Waals surface area contributed by atoms with E-state index in [1.54, 1.807) is 7.11 Å². The fourth-order valence-electron chi connectivity index (χ4n) is 2.32. The number of ether oxygens (including phenoxy) is 1. The van der Waals surface area contributed by atoms with E-state index in [4.69, 9.17) is 10.5 Å². The fraction of sp³-hybridized carbons (Fsp3) is 0.600. The molecule has 0 aliphatic carbocycles. The van der Waals surface area contributed by atoms with Crippen molar-refractivity contribution >= 4 is 0 Å². The molecule has 0 saturated carbocycles. The average Bonchev–Trinajstić information content (AvgIpc) is 2.41. The molecule has 0 heterocycles. The molecule has 1 rings (SSSR count). The van der Waals surface area contributed by atoms with Crippen LogP contribution in [0.15, 0.2) is 24.3 Å². The Labute approximate surface area is 111 Å². The van der Waals surface area contributed by atoms with Crippen LogP contribution in [0.4, 0.5) is 0 Å². The van der Waals surface area contributed by atoms with Crippen molar-refractivity contribution in [1.82, 2.24) is 4.90 Å². The van der Waals surface area contributed by atoms with Crippen molar-refractivity contribution in [1.29, 1.82) is 0 Å². The molecular weight excluding hydrogens is 224 g/mol. The normalized spacial score (nSPS) is 12.7. The van der Waals surface area contributed by atoms with Gasteiger partial charge in [-0.25, -0.2) is 0 Å². The zero-order chi connectivity index (χ0) is 13.4. The number of rotatable bonds is 8. The molecule has 0 aliphatic heterocycles. The predicted molar refractivity (Wildman–Crippen MR) is 76.9 cm³/mol. The predicted octanol–water partition coefficient (Wildman–Crippen LogP) is 2.82. The highest BCUT2D eigenvalue weighted by Crippen LogP contribution is 2.22. The van der Waals surface area contributed by atoms with Crippen LogP contribution < -0.4 is 10.5 Å². The molecule has 102 valence electrons. The topological polar surface area (TPSA) is 38.5 Å². The van der Waals surface area contributed by atoms with Gasteiger partial charge in [0.05, 0.1) is 7.11 Å². The molecule has 0 spiro atoms.